The highest BCUT2D eigenvalue weighted by atomic mass is 19.1. The van der Waals surface area contributed by atoms with Crippen LogP contribution < -0.4 is 4.90 Å². The van der Waals surface area contributed by atoms with Crippen molar-refractivity contribution >= 4 is 28.3 Å². The predicted octanol–water partition coefficient (Wildman–Crippen LogP) is 4.55. The summed E-state index contributed by atoms with van der Waals surface area (Å²) in [6, 6.07) is 6.85. The van der Waals surface area contributed by atoms with Gasteiger partial charge in [0.05, 0.1) is 0 Å². The highest BCUT2D eigenvalue weighted by Crippen LogP contribution is 2.42. The summed E-state index contributed by atoms with van der Waals surface area (Å²) in [5.41, 5.74) is 3.11. The molecule has 6 nitrogen and oxygen atoms in total. The fourth-order valence-electron chi connectivity index (χ4n) is 6.08. The summed E-state index contributed by atoms with van der Waals surface area (Å²) in [5.74, 6) is 1.17. The largest absolute Gasteiger partial charge is 0.360 e. The van der Waals surface area contributed by atoms with Crippen LogP contribution in [0.4, 0.5) is 10.3 Å². The molecule has 2 aliphatic heterocycles. The van der Waals surface area contributed by atoms with Gasteiger partial charge in [-0.25, -0.2) is 14.4 Å². The number of amides is 1. The van der Waals surface area contributed by atoms with Crippen LogP contribution in [0.5, 0.6) is 0 Å². The molecule has 0 unspecified atom stereocenters. The van der Waals surface area contributed by atoms with Crippen molar-refractivity contribution in [2.24, 2.45) is 5.92 Å². The molecule has 3 aliphatic rings. The van der Waals surface area contributed by atoms with Gasteiger partial charge in [0.2, 0.25) is 11.9 Å². The Morgan fingerprint density at radius 3 is 2.82 bits per heavy atom. The molecule has 1 aromatic carbocycles. The Bertz CT molecular complexity index is 1210. The van der Waals surface area contributed by atoms with Crippen LogP contribution in [0, 0.1) is 11.7 Å². The molecule has 4 heterocycles. The molecule has 33 heavy (non-hydrogen) atoms. The third-order valence-corrected chi connectivity index (χ3v) is 7.67. The van der Waals surface area contributed by atoms with Crippen LogP contribution in [0.15, 0.2) is 48.9 Å². The standard InChI is InChI=1S/C26H28FN5O/c27-19-6-7-20-21(16-30-22(20)15-19)17-8-12-31(13-9-17)25(33)24-14-18-4-1-2-5-23(18)32(24)26-28-10-3-11-29-26/h3,6-8,10-11,15-16,18,23-24,30H,1-2,4-5,9,12-14H2/t18-,23+,24-/m1/s1. The Labute approximate surface area is 192 Å². The number of carbonyl (C=O) groups is 1. The number of nitrogens with one attached hydrogen (secondary N) is 1. The van der Waals surface area contributed by atoms with E-state index in [4.69, 9.17) is 0 Å². The van der Waals surface area contributed by atoms with Gasteiger partial charge < -0.3 is 14.8 Å². The van der Waals surface area contributed by atoms with Crippen molar-refractivity contribution in [2.45, 2.75) is 50.6 Å². The van der Waals surface area contributed by atoms with Crippen molar-refractivity contribution in [2.75, 3.05) is 18.0 Å². The maximum absolute atomic E-state index is 13.7. The van der Waals surface area contributed by atoms with Crippen LogP contribution >= 0.6 is 0 Å². The van der Waals surface area contributed by atoms with Gasteiger partial charge >= 0.3 is 0 Å². The second-order valence-corrected chi connectivity index (χ2v) is 9.48. The highest BCUT2D eigenvalue weighted by Gasteiger charge is 2.47. The quantitative estimate of drug-likeness (QED) is 0.642. The number of halogens is 1. The van der Waals surface area contributed by atoms with Crippen molar-refractivity contribution in [1.82, 2.24) is 19.9 Å². The van der Waals surface area contributed by atoms with Gasteiger partial charge in [-0.3, -0.25) is 4.79 Å². The third kappa shape index (κ3) is 3.59. The Morgan fingerprint density at radius 1 is 1.15 bits per heavy atom. The molecule has 3 atom stereocenters. The Kier molecular flexibility index (Phi) is 5.12. The van der Waals surface area contributed by atoms with Gasteiger partial charge in [0.25, 0.3) is 0 Å². The van der Waals surface area contributed by atoms with E-state index in [1.54, 1.807) is 12.4 Å². The van der Waals surface area contributed by atoms with Crippen LogP contribution in [-0.2, 0) is 4.79 Å². The number of rotatable bonds is 3. The topological polar surface area (TPSA) is 65.1 Å². The number of nitrogens with zero attached hydrogens (tertiary/aromatic N) is 4. The lowest BCUT2D eigenvalue weighted by Crippen LogP contribution is -2.50. The number of aromatic amines is 1. The number of hydrogen-bond acceptors (Lipinski definition) is 4. The molecule has 2 aromatic heterocycles. The second kappa shape index (κ2) is 8.28. The number of benzene rings is 1. The van der Waals surface area contributed by atoms with E-state index in [0.717, 1.165) is 35.7 Å². The van der Waals surface area contributed by atoms with E-state index in [2.05, 4.69) is 25.9 Å². The van der Waals surface area contributed by atoms with Crippen LogP contribution in [0.25, 0.3) is 16.5 Å². The average molecular weight is 446 g/mol. The van der Waals surface area contributed by atoms with Gasteiger partial charge in [-0.2, -0.15) is 0 Å². The minimum atomic E-state index is -0.241. The molecule has 3 aromatic rings. The van der Waals surface area contributed by atoms with Crippen molar-refractivity contribution in [1.29, 1.82) is 0 Å². The lowest BCUT2D eigenvalue weighted by atomic mass is 9.84. The van der Waals surface area contributed by atoms with Gasteiger partial charge in [0.1, 0.15) is 11.9 Å². The average Bonchev–Trinajstić information content (AvgIpc) is 3.45. The molecular formula is C26H28FN5O. The zero-order chi connectivity index (χ0) is 22.4. The fraction of sp³-hybridized carbons (Fsp3) is 0.423. The minimum Gasteiger partial charge on any atom is -0.360 e. The molecule has 1 amide bonds. The molecule has 0 bridgehead atoms. The molecule has 0 spiro atoms. The molecule has 7 heteroatoms. The molecule has 170 valence electrons. The molecule has 2 fully saturated rings. The number of carbonyl (C=O) groups excluding carboxylic acids is 1. The first-order valence-electron chi connectivity index (χ1n) is 12.0. The maximum Gasteiger partial charge on any atom is 0.245 e. The molecular weight excluding hydrogens is 417 g/mol. The first-order chi connectivity index (χ1) is 16.2. The Morgan fingerprint density at radius 2 is 2.00 bits per heavy atom. The van der Waals surface area contributed by atoms with Crippen molar-refractivity contribution < 1.29 is 9.18 Å². The molecule has 6 rings (SSSR count). The molecule has 1 aliphatic carbocycles. The minimum absolute atomic E-state index is 0.188. The first-order valence-corrected chi connectivity index (χ1v) is 12.0. The van der Waals surface area contributed by atoms with Crippen LogP contribution in [0.1, 0.15) is 44.1 Å². The number of hydrogen-bond donors (Lipinski definition) is 1. The SMILES string of the molecule is O=C([C@H]1C[C@H]2CCCC[C@@H]2N1c1ncccn1)N1CC=C(c2c[nH]c3cc(F)ccc23)CC1. The van der Waals surface area contributed by atoms with Crippen molar-refractivity contribution in [3.05, 3.63) is 60.3 Å². The van der Waals surface area contributed by atoms with Crippen LogP contribution in [0.3, 0.4) is 0 Å². The summed E-state index contributed by atoms with van der Waals surface area (Å²) in [6.07, 6.45) is 14.1. The zero-order valence-electron chi connectivity index (χ0n) is 18.6. The molecule has 1 saturated carbocycles. The van der Waals surface area contributed by atoms with E-state index in [1.165, 1.54) is 37.0 Å². The number of aromatic nitrogens is 3. The van der Waals surface area contributed by atoms with Gasteiger partial charge in [0.15, 0.2) is 0 Å². The fourth-order valence-corrected chi connectivity index (χ4v) is 6.08. The zero-order valence-corrected chi connectivity index (χ0v) is 18.6. The summed E-state index contributed by atoms with van der Waals surface area (Å²) in [5, 5.41) is 1.02. The van der Waals surface area contributed by atoms with Gasteiger partial charge in [-0.15, -0.1) is 0 Å². The summed E-state index contributed by atoms with van der Waals surface area (Å²) in [6.45, 7) is 1.28. The summed E-state index contributed by atoms with van der Waals surface area (Å²) in [7, 11) is 0. The van der Waals surface area contributed by atoms with E-state index in [0.29, 0.717) is 31.0 Å². The van der Waals surface area contributed by atoms with E-state index in [-0.39, 0.29) is 17.8 Å². The normalized spacial score (nSPS) is 25.2. The number of anilines is 1. The lowest BCUT2D eigenvalue weighted by molar-refractivity contribution is -0.132. The van der Waals surface area contributed by atoms with Gasteiger partial charge in [0, 0.05) is 54.2 Å². The maximum atomic E-state index is 13.7. The van der Waals surface area contributed by atoms with Gasteiger partial charge in [-0.1, -0.05) is 18.9 Å². The van der Waals surface area contributed by atoms with E-state index >= 15 is 0 Å². The molecule has 0 radical (unpaired) electrons. The number of fused-ring (bicyclic) bond motifs is 2. The summed E-state index contributed by atoms with van der Waals surface area (Å²) < 4.78 is 13.5. The predicted molar refractivity (Wildman–Crippen MR) is 126 cm³/mol. The third-order valence-electron chi connectivity index (χ3n) is 7.67. The molecule has 1 saturated heterocycles. The van der Waals surface area contributed by atoms with Crippen LogP contribution in [-0.4, -0.2) is 50.9 Å². The summed E-state index contributed by atoms with van der Waals surface area (Å²) >= 11 is 0. The van der Waals surface area contributed by atoms with Crippen LogP contribution in [0.2, 0.25) is 0 Å². The smallest absolute Gasteiger partial charge is 0.245 e. The van der Waals surface area contributed by atoms with Crippen molar-refractivity contribution in [3.8, 4) is 0 Å². The van der Waals surface area contributed by atoms with E-state index in [1.807, 2.05) is 23.2 Å². The highest BCUT2D eigenvalue weighted by molar-refractivity contribution is 5.93. The second-order valence-electron chi connectivity index (χ2n) is 9.48. The van der Waals surface area contributed by atoms with E-state index in [9.17, 15) is 9.18 Å². The Balaban J connectivity index is 1.23. The monoisotopic (exact) mass is 445 g/mol. The lowest BCUT2D eigenvalue weighted by Gasteiger charge is -2.35. The van der Waals surface area contributed by atoms with Crippen molar-refractivity contribution in [3.63, 3.8) is 0 Å². The van der Waals surface area contributed by atoms with E-state index < -0.39 is 0 Å². The summed E-state index contributed by atoms with van der Waals surface area (Å²) in [4.78, 5) is 30.1. The number of H-pyrrole nitrogens is 1. The first kappa shape index (κ1) is 20.4. The van der Waals surface area contributed by atoms with Gasteiger partial charge in [-0.05, 0) is 61.4 Å². The Hall–Kier alpha value is -3.22. The molecule has 1 N–H and O–H groups in total.